The molecule has 30 heavy (non-hydrogen) atoms. The van der Waals surface area contributed by atoms with E-state index in [0.29, 0.717) is 0 Å². The lowest BCUT2D eigenvalue weighted by molar-refractivity contribution is -0.969. The van der Waals surface area contributed by atoms with Crippen LogP contribution in [0.4, 0.5) is 5.69 Å². The predicted octanol–water partition coefficient (Wildman–Crippen LogP) is 4.55. The van der Waals surface area contributed by atoms with Gasteiger partial charge in [-0.05, 0) is 48.5 Å². The number of anilines is 1. The average Bonchev–Trinajstić information content (AvgIpc) is 2.80. The van der Waals surface area contributed by atoms with Gasteiger partial charge in [0.2, 0.25) is 0 Å². The highest BCUT2D eigenvalue weighted by Gasteiger charge is 2.45. The SMILES string of the molecule is O=[N+](O)O.c1ccc(N[P+](c2ccccc2)(c2ccccc2)c2ccccc2)cc1. The molecular weight excluding hydrogens is 395 g/mol. The fourth-order valence-electron chi connectivity index (χ4n) is 3.30. The smallest absolute Gasteiger partial charge is 0.247 e. The molecule has 0 aliphatic rings. The van der Waals surface area contributed by atoms with Crippen LogP contribution in [0.1, 0.15) is 0 Å². The molecule has 4 aromatic carbocycles. The highest BCUT2D eigenvalue weighted by Crippen LogP contribution is 2.54. The maximum atomic E-state index is 8.47. The van der Waals surface area contributed by atoms with Gasteiger partial charge in [0.25, 0.3) is 0 Å². The van der Waals surface area contributed by atoms with Crippen LogP contribution in [0, 0.1) is 4.91 Å². The second kappa shape index (κ2) is 10.2. The maximum Gasteiger partial charge on any atom is 0.472 e. The highest BCUT2D eigenvalue weighted by molar-refractivity contribution is 7.96. The molecule has 3 N–H and O–H groups in total. The predicted molar refractivity (Wildman–Crippen MR) is 122 cm³/mol. The lowest BCUT2D eigenvalue weighted by Gasteiger charge is -2.28. The normalized spacial score (nSPS) is 10.4. The first-order valence-corrected chi connectivity index (χ1v) is 11.2. The van der Waals surface area contributed by atoms with E-state index in [1.807, 2.05) is 0 Å². The molecule has 0 amide bonds. The fraction of sp³-hybridized carbons (Fsp3) is 0. The van der Waals surface area contributed by atoms with Gasteiger partial charge in [-0.3, -0.25) is 0 Å². The molecule has 5 nitrogen and oxygen atoms in total. The molecule has 150 valence electrons. The summed E-state index contributed by atoms with van der Waals surface area (Å²) in [7, 11) is -2.03. The minimum absolute atomic E-state index is 1.14. The summed E-state index contributed by atoms with van der Waals surface area (Å²) in [6.07, 6.45) is 0. The van der Waals surface area contributed by atoms with E-state index in [0.717, 1.165) is 5.69 Å². The first kappa shape index (κ1) is 21.0. The summed E-state index contributed by atoms with van der Waals surface area (Å²) in [5, 5.41) is 20.4. The molecule has 0 fully saturated rings. The molecule has 0 saturated heterocycles. The zero-order valence-corrected chi connectivity index (χ0v) is 17.1. The Kier molecular flexibility index (Phi) is 7.14. The third-order valence-electron chi connectivity index (χ3n) is 4.50. The van der Waals surface area contributed by atoms with Gasteiger partial charge in [0.05, 0.1) is 5.69 Å². The number of rotatable bonds is 5. The van der Waals surface area contributed by atoms with E-state index in [4.69, 9.17) is 15.3 Å². The Morgan fingerprint density at radius 3 is 1.10 bits per heavy atom. The molecule has 0 heterocycles. The molecule has 0 aromatic heterocycles. The Hall–Kier alpha value is -3.69. The quantitative estimate of drug-likeness (QED) is 0.328. The van der Waals surface area contributed by atoms with Crippen LogP contribution >= 0.6 is 7.41 Å². The molecule has 0 unspecified atom stereocenters. The van der Waals surface area contributed by atoms with Crippen molar-refractivity contribution in [2.24, 2.45) is 0 Å². The van der Waals surface area contributed by atoms with Gasteiger partial charge < -0.3 is 0 Å². The second-order valence-electron chi connectivity index (χ2n) is 6.41. The molecule has 4 aromatic rings. The highest BCUT2D eigenvalue weighted by atomic mass is 31.2. The first-order valence-electron chi connectivity index (χ1n) is 9.37. The van der Waals surface area contributed by atoms with Crippen LogP contribution in [0.2, 0.25) is 0 Å². The molecule has 0 aliphatic heterocycles. The Labute approximate surface area is 176 Å². The van der Waals surface area contributed by atoms with Crippen molar-refractivity contribution >= 4 is 29.0 Å². The summed E-state index contributed by atoms with van der Waals surface area (Å²) in [4.78, 5) is 8.47. The molecular formula is C24H23N2O3P+2. The van der Waals surface area contributed by atoms with Gasteiger partial charge >= 0.3 is 5.09 Å². The van der Waals surface area contributed by atoms with E-state index in [2.05, 4.69) is 126 Å². The number of nitrogens with zero attached hydrogens (tertiary/aromatic N) is 1. The van der Waals surface area contributed by atoms with E-state index in [1.165, 1.54) is 15.9 Å². The zero-order chi connectivity index (χ0) is 21.2. The monoisotopic (exact) mass is 418 g/mol. The van der Waals surface area contributed by atoms with Gasteiger partial charge in [-0.25, -0.2) is 15.5 Å². The summed E-state index contributed by atoms with van der Waals surface area (Å²) < 4.78 is 0. The summed E-state index contributed by atoms with van der Waals surface area (Å²) in [6, 6.07) is 42.9. The van der Waals surface area contributed by atoms with Gasteiger partial charge in [0.15, 0.2) is 7.41 Å². The van der Waals surface area contributed by atoms with E-state index < -0.39 is 12.5 Å². The van der Waals surface area contributed by atoms with Crippen LogP contribution in [-0.4, -0.2) is 15.5 Å². The van der Waals surface area contributed by atoms with Gasteiger partial charge in [-0.1, -0.05) is 72.8 Å². The minimum Gasteiger partial charge on any atom is -0.247 e. The molecule has 0 aliphatic carbocycles. The van der Waals surface area contributed by atoms with E-state index in [1.54, 1.807) is 0 Å². The van der Waals surface area contributed by atoms with Crippen molar-refractivity contribution in [2.45, 2.75) is 0 Å². The van der Waals surface area contributed by atoms with Gasteiger partial charge in [0.1, 0.15) is 20.8 Å². The number of nitrogens with one attached hydrogen (secondary N) is 1. The third kappa shape index (κ3) is 5.02. The minimum atomic E-state index is -2.03. The van der Waals surface area contributed by atoms with Gasteiger partial charge in [-0.15, -0.1) is 0 Å². The Morgan fingerprint density at radius 2 is 0.800 bits per heavy atom. The van der Waals surface area contributed by atoms with Crippen LogP contribution < -0.4 is 21.0 Å². The van der Waals surface area contributed by atoms with E-state index in [-0.39, 0.29) is 0 Å². The Bertz CT molecular complexity index is 946. The molecule has 0 bridgehead atoms. The summed E-state index contributed by atoms with van der Waals surface area (Å²) in [5.41, 5.74) is 1.14. The summed E-state index contributed by atoms with van der Waals surface area (Å²) in [6.45, 7) is 0. The zero-order valence-electron chi connectivity index (χ0n) is 16.2. The Morgan fingerprint density at radius 1 is 0.533 bits per heavy atom. The molecule has 4 rings (SSSR count). The van der Waals surface area contributed by atoms with Crippen LogP contribution in [0.5, 0.6) is 0 Å². The van der Waals surface area contributed by atoms with Crippen LogP contribution in [0.25, 0.3) is 0 Å². The lowest BCUT2D eigenvalue weighted by atomic mass is 10.3. The number of para-hydroxylation sites is 1. The number of hydrogen-bond donors (Lipinski definition) is 3. The van der Waals surface area contributed by atoms with Crippen molar-refractivity contribution < 1.29 is 15.5 Å². The van der Waals surface area contributed by atoms with Crippen LogP contribution in [0.15, 0.2) is 121 Å². The van der Waals surface area contributed by atoms with Crippen molar-refractivity contribution in [1.29, 1.82) is 0 Å². The molecule has 0 radical (unpaired) electrons. The van der Waals surface area contributed by atoms with Crippen molar-refractivity contribution in [1.82, 2.24) is 0 Å². The van der Waals surface area contributed by atoms with Crippen molar-refractivity contribution in [3.63, 3.8) is 0 Å². The number of benzene rings is 4. The molecule has 6 heteroatoms. The third-order valence-corrected chi connectivity index (χ3v) is 8.31. The maximum absolute atomic E-state index is 8.47. The Balaban J connectivity index is 0.000000589. The van der Waals surface area contributed by atoms with E-state index in [9.17, 15) is 0 Å². The second-order valence-corrected chi connectivity index (χ2v) is 9.52. The molecule has 0 spiro atoms. The summed E-state index contributed by atoms with van der Waals surface area (Å²) >= 11 is 0. The largest absolute Gasteiger partial charge is 0.472 e. The molecule has 0 atom stereocenters. The molecule has 0 saturated carbocycles. The standard InChI is InChI=1S/C24H21NP.H2NO3/c1-5-13-21(14-6-1)25-26(22-15-7-2-8-16-22,23-17-9-3-10-18-23)24-19-11-4-12-20-24;2-1(3)4/h1-20,25H;(H2,2,3,4)/q2*+1. The average molecular weight is 418 g/mol. The topological polar surface area (TPSA) is 72.6 Å². The lowest BCUT2D eigenvalue weighted by Crippen LogP contribution is -2.36. The van der Waals surface area contributed by atoms with Crippen molar-refractivity contribution in [3.05, 3.63) is 126 Å². The summed E-state index contributed by atoms with van der Waals surface area (Å²) in [5.74, 6) is 0. The van der Waals surface area contributed by atoms with Crippen LogP contribution in [-0.2, 0) is 0 Å². The van der Waals surface area contributed by atoms with Gasteiger partial charge in [-0.2, -0.15) is 0 Å². The first-order chi connectivity index (χ1) is 14.6. The number of hydrogen-bond acceptors (Lipinski definition) is 2. The van der Waals surface area contributed by atoms with Gasteiger partial charge in [0, 0.05) is 0 Å². The van der Waals surface area contributed by atoms with E-state index >= 15 is 0 Å². The van der Waals surface area contributed by atoms with Crippen LogP contribution in [0.3, 0.4) is 0 Å². The van der Waals surface area contributed by atoms with Crippen molar-refractivity contribution in [3.8, 4) is 0 Å². The fourth-order valence-corrected chi connectivity index (χ4v) is 6.98. The van der Waals surface area contributed by atoms with Crippen molar-refractivity contribution in [2.75, 3.05) is 5.09 Å².